The van der Waals surface area contributed by atoms with Gasteiger partial charge in [-0.15, -0.1) is 0 Å². The van der Waals surface area contributed by atoms with Crippen LogP contribution < -0.4 is 10.9 Å². The maximum atomic E-state index is 12.7. The van der Waals surface area contributed by atoms with Crippen LogP contribution in [0.3, 0.4) is 0 Å². The first-order chi connectivity index (χ1) is 11.4. The molecule has 0 saturated heterocycles. The molecule has 134 valence electrons. The molecule has 0 bridgehead atoms. The van der Waals surface area contributed by atoms with Crippen LogP contribution >= 0.6 is 0 Å². The fourth-order valence-electron chi connectivity index (χ4n) is 3.22. The highest BCUT2D eigenvalue weighted by Gasteiger charge is 2.24. The third-order valence-corrected chi connectivity index (χ3v) is 4.89. The molecule has 1 aliphatic carbocycles. The van der Waals surface area contributed by atoms with E-state index in [0.717, 1.165) is 37.7 Å². The summed E-state index contributed by atoms with van der Waals surface area (Å²) in [5.41, 5.74) is 0.845. The Balaban J connectivity index is 2.08. The molecule has 2 rings (SSSR count). The second-order valence-electron chi connectivity index (χ2n) is 7.24. The predicted molar refractivity (Wildman–Crippen MR) is 95.4 cm³/mol. The number of hydrogen-bond donors (Lipinski definition) is 1. The molecular formula is C19H30N2O3. The molecule has 0 aliphatic heterocycles. The Bertz CT molecular complexity index is 614. The van der Waals surface area contributed by atoms with Gasteiger partial charge in [-0.2, -0.15) is 0 Å². The van der Waals surface area contributed by atoms with Crippen molar-refractivity contribution in [1.82, 2.24) is 9.88 Å². The molecule has 0 unspecified atom stereocenters. The SMILES string of the molecule is COC1CCC(NC(=O)c2c(C)ccn(CCC(C)C)c2=O)CC1. The van der Waals surface area contributed by atoms with Gasteiger partial charge in [-0.05, 0) is 56.6 Å². The van der Waals surface area contributed by atoms with Gasteiger partial charge in [0.25, 0.3) is 11.5 Å². The second kappa shape index (κ2) is 8.47. The molecule has 1 fully saturated rings. The van der Waals surface area contributed by atoms with Crippen LogP contribution in [-0.2, 0) is 11.3 Å². The minimum absolute atomic E-state index is 0.132. The lowest BCUT2D eigenvalue weighted by Crippen LogP contribution is -2.42. The number of aryl methyl sites for hydroxylation is 2. The van der Waals surface area contributed by atoms with Gasteiger partial charge in [-0.3, -0.25) is 9.59 Å². The van der Waals surface area contributed by atoms with Crippen molar-refractivity contribution in [3.63, 3.8) is 0 Å². The number of nitrogens with zero attached hydrogens (tertiary/aromatic N) is 1. The van der Waals surface area contributed by atoms with Gasteiger partial charge in [0.2, 0.25) is 0 Å². The summed E-state index contributed by atoms with van der Waals surface area (Å²) < 4.78 is 7.02. The number of carbonyl (C=O) groups is 1. The highest BCUT2D eigenvalue weighted by molar-refractivity contribution is 5.95. The molecular weight excluding hydrogens is 304 g/mol. The van der Waals surface area contributed by atoms with E-state index in [0.29, 0.717) is 18.6 Å². The van der Waals surface area contributed by atoms with Crippen LogP contribution in [0.25, 0.3) is 0 Å². The fraction of sp³-hybridized carbons (Fsp3) is 0.684. The lowest BCUT2D eigenvalue weighted by atomic mass is 9.92. The Morgan fingerprint density at radius 3 is 2.58 bits per heavy atom. The molecule has 24 heavy (non-hydrogen) atoms. The Morgan fingerprint density at radius 2 is 2.00 bits per heavy atom. The van der Waals surface area contributed by atoms with Crippen molar-refractivity contribution in [3.05, 3.63) is 33.7 Å². The van der Waals surface area contributed by atoms with Gasteiger partial charge in [0.15, 0.2) is 0 Å². The molecule has 5 heteroatoms. The van der Waals surface area contributed by atoms with Crippen LogP contribution in [0.2, 0.25) is 0 Å². The van der Waals surface area contributed by atoms with Crippen molar-refractivity contribution >= 4 is 5.91 Å². The van der Waals surface area contributed by atoms with E-state index in [9.17, 15) is 9.59 Å². The topological polar surface area (TPSA) is 60.3 Å². The fourth-order valence-corrected chi connectivity index (χ4v) is 3.22. The van der Waals surface area contributed by atoms with E-state index in [1.54, 1.807) is 17.9 Å². The summed E-state index contributed by atoms with van der Waals surface area (Å²) in [4.78, 5) is 25.3. The molecule has 1 N–H and O–H groups in total. The van der Waals surface area contributed by atoms with E-state index in [1.807, 2.05) is 13.0 Å². The van der Waals surface area contributed by atoms with E-state index in [2.05, 4.69) is 19.2 Å². The number of nitrogens with one attached hydrogen (secondary N) is 1. The van der Waals surface area contributed by atoms with Crippen LogP contribution in [0, 0.1) is 12.8 Å². The van der Waals surface area contributed by atoms with Gasteiger partial charge >= 0.3 is 0 Å². The Kier molecular flexibility index (Phi) is 6.60. The minimum Gasteiger partial charge on any atom is -0.381 e. The van der Waals surface area contributed by atoms with Crippen molar-refractivity contribution in [1.29, 1.82) is 0 Å². The molecule has 1 heterocycles. The monoisotopic (exact) mass is 334 g/mol. The Hall–Kier alpha value is -1.62. The van der Waals surface area contributed by atoms with Gasteiger partial charge in [-0.1, -0.05) is 13.8 Å². The molecule has 1 aliphatic rings. The Morgan fingerprint density at radius 1 is 1.33 bits per heavy atom. The average Bonchev–Trinajstić information content (AvgIpc) is 2.54. The first-order valence-electron chi connectivity index (χ1n) is 8.96. The predicted octanol–water partition coefficient (Wildman–Crippen LogP) is 2.89. The first-order valence-corrected chi connectivity index (χ1v) is 8.96. The number of methoxy groups -OCH3 is 1. The van der Waals surface area contributed by atoms with Crippen molar-refractivity contribution in [2.24, 2.45) is 5.92 Å². The van der Waals surface area contributed by atoms with Gasteiger partial charge in [0.1, 0.15) is 5.56 Å². The molecule has 0 aromatic carbocycles. The van der Waals surface area contributed by atoms with Crippen molar-refractivity contribution in [2.75, 3.05) is 7.11 Å². The number of amides is 1. The largest absolute Gasteiger partial charge is 0.381 e. The number of aromatic nitrogens is 1. The van der Waals surface area contributed by atoms with Gasteiger partial charge in [0, 0.05) is 25.9 Å². The quantitative estimate of drug-likeness (QED) is 0.870. The van der Waals surface area contributed by atoms with Gasteiger partial charge in [-0.25, -0.2) is 0 Å². The van der Waals surface area contributed by atoms with Gasteiger partial charge < -0.3 is 14.6 Å². The van der Waals surface area contributed by atoms with Crippen molar-refractivity contribution in [2.45, 2.75) is 71.6 Å². The lowest BCUT2D eigenvalue weighted by molar-refractivity contribution is 0.0599. The maximum absolute atomic E-state index is 12.7. The summed E-state index contributed by atoms with van der Waals surface area (Å²) in [6, 6.07) is 1.99. The van der Waals surface area contributed by atoms with E-state index >= 15 is 0 Å². The third kappa shape index (κ3) is 4.69. The highest BCUT2D eigenvalue weighted by Crippen LogP contribution is 2.21. The molecule has 0 spiro atoms. The van der Waals surface area contributed by atoms with Crippen LogP contribution in [0.1, 0.15) is 61.9 Å². The number of ether oxygens (including phenoxy) is 1. The van der Waals surface area contributed by atoms with Crippen molar-refractivity contribution in [3.8, 4) is 0 Å². The number of carbonyl (C=O) groups excluding carboxylic acids is 1. The van der Waals surface area contributed by atoms with E-state index in [-0.39, 0.29) is 23.1 Å². The molecule has 0 radical (unpaired) electrons. The summed E-state index contributed by atoms with van der Waals surface area (Å²) in [6.07, 6.45) is 6.72. The number of rotatable bonds is 6. The summed E-state index contributed by atoms with van der Waals surface area (Å²) in [5, 5.41) is 3.05. The summed E-state index contributed by atoms with van der Waals surface area (Å²) >= 11 is 0. The molecule has 1 saturated carbocycles. The van der Waals surface area contributed by atoms with Crippen molar-refractivity contribution < 1.29 is 9.53 Å². The average molecular weight is 334 g/mol. The van der Waals surface area contributed by atoms with Crippen LogP contribution in [-0.4, -0.2) is 29.7 Å². The molecule has 1 amide bonds. The van der Waals surface area contributed by atoms with Crippen LogP contribution in [0.15, 0.2) is 17.1 Å². The summed E-state index contributed by atoms with van der Waals surface area (Å²) in [6.45, 7) is 6.73. The summed E-state index contributed by atoms with van der Waals surface area (Å²) in [5.74, 6) is 0.281. The van der Waals surface area contributed by atoms with E-state index in [4.69, 9.17) is 4.74 Å². The van der Waals surface area contributed by atoms with Gasteiger partial charge in [0.05, 0.1) is 6.10 Å². The third-order valence-electron chi connectivity index (χ3n) is 4.89. The molecule has 0 atom stereocenters. The standard InChI is InChI=1S/C19H30N2O3/c1-13(2)9-11-21-12-10-14(3)17(19(21)23)18(22)20-15-5-7-16(24-4)8-6-15/h10,12-13,15-16H,5-9,11H2,1-4H3,(H,20,22). The van der Waals surface area contributed by atoms with Crippen LogP contribution in [0.5, 0.6) is 0 Å². The smallest absolute Gasteiger partial charge is 0.263 e. The van der Waals surface area contributed by atoms with E-state index < -0.39 is 0 Å². The zero-order chi connectivity index (χ0) is 17.7. The van der Waals surface area contributed by atoms with Crippen LogP contribution in [0.4, 0.5) is 0 Å². The maximum Gasteiger partial charge on any atom is 0.263 e. The first kappa shape index (κ1) is 18.7. The molecule has 5 nitrogen and oxygen atoms in total. The zero-order valence-corrected chi connectivity index (χ0v) is 15.3. The van der Waals surface area contributed by atoms with E-state index in [1.165, 1.54) is 0 Å². The lowest BCUT2D eigenvalue weighted by Gasteiger charge is -2.28. The number of pyridine rings is 1. The zero-order valence-electron chi connectivity index (χ0n) is 15.3. The Labute approximate surface area is 144 Å². The highest BCUT2D eigenvalue weighted by atomic mass is 16.5. The molecule has 1 aromatic heterocycles. The molecule has 1 aromatic rings. The normalized spacial score (nSPS) is 21.0. The number of hydrogen-bond acceptors (Lipinski definition) is 3. The second-order valence-corrected chi connectivity index (χ2v) is 7.24. The minimum atomic E-state index is -0.239. The summed E-state index contributed by atoms with van der Waals surface area (Å²) in [7, 11) is 1.73.